The molecule has 0 radical (unpaired) electrons. The maximum atomic E-state index is 9.21. The van der Waals surface area contributed by atoms with Gasteiger partial charge in [0.05, 0.1) is 18.4 Å². The van der Waals surface area contributed by atoms with Crippen LogP contribution in [0.5, 0.6) is 0 Å². The van der Waals surface area contributed by atoms with Crippen LogP contribution in [0.3, 0.4) is 0 Å². The number of aliphatic hydroxyl groups is 1. The molecule has 0 aliphatic rings. The third kappa shape index (κ3) is 4.56. The molecule has 0 saturated carbocycles. The summed E-state index contributed by atoms with van der Waals surface area (Å²) in [5.74, 6) is 0.744. The van der Waals surface area contributed by atoms with Crippen LogP contribution in [0.2, 0.25) is 0 Å². The SMILES string of the molecule is Cc1ccc(C#N)c(S[C@@H](Cc2ccno2)C[C@H](N)CO)n1. The molecule has 2 aromatic heterocycles. The molecule has 0 bridgehead atoms. The quantitative estimate of drug-likeness (QED) is 0.747. The average Bonchev–Trinajstić information content (AvgIpc) is 3.00. The van der Waals surface area contributed by atoms with Gasteiger partial charge in [-0.25, -0.2) is 4.98 Å². The molecule has 22 heavy (non-hydrogen) atoms. The Morgan fingerprint density at radius 1 is 1.45 bits per heavy atom. The lowest BCUT2D eigenvalue weighted by Gasteiger charge is -2.18. The normalized spacial score (nSPS) is 13.5. The number of rotatable bonds is 7. The summed E-state index contributed by atoms with van der Waals surface area (Å²) in [6.45, 7) is 1.80. The third-order valence-corrected chi connectivity index (χ3v) is 4.35. The Bertz CT molecular complexity index is 639. The number of nitriles is 1. The fourth-order valence-corrected chi connectivity index (χ4v) is 3.37. The first-order valence-corrected chi connectivity index (χ1v) is 7.80. The summed E-state index contributed by atoms with van der Waals surface area (Å²) in [5, 5.41) is 22.8. The van der Waals surface area contributed by atoms with Gasteiger partial charge in [-0.1, -0.05) is 5.16 Å². The minimum Gasteiger partial charge on any atom is -0.395 e. The number of aromatic nitrogens is 2. The van der Waals surface area contributed by atoms with Gasteiger partial charge in [0.1, 0.15) is 16.9 Å². The zero-order valence-electron chi connectivity index (χ0n) is 12.3. The number of nitrogens with zero attached hydrogens (tertiary/aromatic N) is 3. The van der Waals surface area contributed by atoms with Gasteiger partial charge in [-0.3, -0.25) is 0 Å². The van der Waals surface area contributed by atoms with Gasteiger partial charge >= 0.3 is 0 Å². The van der Waals surface area contributed by atoms with Crippen LogP contribution in [-0.4, -0.2) is 33.1 Å². The molecule has 6 nitrogen and oxygen atoms in total. The lowest BCUT2D eigenvalue weighted by atomic mass is 10.1. The van der Waals surface area contributed by atoms with E-state index in [-0.39, 0.29) is 17.9 Å². The zero-order valence-corrected chi connectivity index (χ0v) is 13.1. The number of aliphatic hydroxyl groups excluding tert-OH is 1. The largest absolute Gasteiger partial charge is 0.395 e. The number of hydrogen-bond donors (Lipinski definition) is 2. The molecule has 2 aromatic rings. The van der Waals surface area contributed by atoms with Gasteiger partial charge in [0.2, 0.25) is 0 Å². The van der Waals surface area contributed by atoms with Gasteiger partial charge in [-0.05, 0) is 25.5 Å². The van der Waals surface area contributed by atoms with Crippen molar-refractivity contribution in [3.63, 3.8) is 0 Å². The van der Waals surface area contributed by atoms with E-state index in [9.17, 15) is 10.4 Å². The van der Waals surface area contributed by atoms with Crippen LogP contribution < -0.4 is 5.73 Å². The molecular weight excluding hydrogens is 300 g/mol. The van der Waals surface area contributed by atoms with Crippen LogP contribution in [0.4, 0.5) is 0 Å². The lowest BCUT2D eigenvalue weighted by molar-refractivity contribution is 0.258. The summed E-state index contributed by atoms with van der Waals surface area (Å²) in [6.07, 6.45) is 2.79. The summed E-state index contributed by atoms with van der Waals surface area (Å²) in [4.78, 5) is 4.44. The first kappa shape index (κ1) is 16.5. The van der Waals surface area contributed by atoms with E-state index in [1.54, 1.807) is 18.3 Å². The Labute approximate surface area is 133 Å². The number of thioether (sulfide) groups is 1. The lowest BCUT2D eigenvalue weighted by Crippen LogP contribution is -2.29. The highest BCUT2D eigenvalue weighted by molar-refractivity contribution is 7.99. The van der Waals surface area contributed by atoms with E-state index in [0.717, 1.165) is 11.5 Å². The second kappa shape index (κ2) is 7.94. The molecule has 2 atom stereocenters. The molecule has 0 spiro atoms. The molecule has 0 aromatic carbocycles. The molecule has 0 fully saturated rings. The summed E-state index contributed by atoms with van der Waals surface area (Å²) in [6, 6.07) is 7.21. The molecule has 0 amide bonds. The van der Waals surface area contributed by atoms with E-state index in [2.05, 4.69) is 16.2 Å². The molecule has 2 heterocycles. The van der Waals surface area contributed by atoms with Crippen LogP contribution >= 0.6 is 11.8 Å². The molecule has 7 heteroatoms. The predicted octanol–water partition coefficient (Wildman–Crippen LogP) is 1.66. The van der Waals surface area contributed by atoms with E-state index in [0.29, 0.717) is 23.4 Å². The van der Waals surface area contributed by atoms with Gasteiger partial charge in [0.15, 0.2) is 0 Å². The Morgan fingerprint density at radius 3 is 2.91 bits per heavy atom. The number of pyridine rings is 1. The number of hydrogen-bond acceptors (Lipinski definition) is 7. The maximum Gasteiger partial charge on any atom is 0.137 e. The van der Waals surface area contributed by atoms with E-state index in [4.69, 9.17) is 10.3 Å². The first-order valence-electron chi connectivity index (χ1n) is 6.92. The van der Waals surface area contributed by atoms with E-state index in [1.165, 1.54) is 11.8 Å². The van der Waals surface area contributed by atoms with Crippen molar-refractivity contribution in [2.75, 3.05) is 6.61 Å². The summed E-state index contributed by atoms with van der Waals surface area (Å²) >= 11 is 1.48. The molecule has 0 aliphatic heterocycles. The second-order valence-corrected chi connectivity index (χ2v) is 6.31. The van der Waals surface area contributed by atoms with E-state index < -0.39 is 0 Å². The minimum absolute atomic E-state index is 0.0384. The average molecular weight is 318 g/mol. The number of nitrogens with two attached hydrogens (primary N) is 1. The van der Waals surface area contributed by atoms with Crippen molar-refractivity contribution >= 4 is 11.8 Å². The predicted molar refractivity (Wildman–Crippen MR) is 83.2 cm³/mol. The Morgan fingerprint density at radius 2 is 2.27 bits per heavy atom. The smallest absolute Gasteiger partial charge is 0.137 e. The monoisotopic (exact) mass is 318 g/mol. The van der Waals surface area contributed by atoms with Crippen LogP contribution in [0, 0.1) is 18.3 Å². The molecule has 116 valence electrons. The summed E-state index contributed by atoms with van der Waals surface area (Å²) in [5.41, 5.74) is 7.25. The zero-order chi connectivity index (χ0) is 15.9. The first-order chi connectivity index (χ1) is 10.6. The van der Waals surface area contributed by atoms with Gasteiger partial charge in [0.25, 0.3) is 0 Å². The molecule has 3 N–H and O–H groups in total. The number of aryl methyl sites for hydroxylation is 1. The Hall–Kier alpha value is -1.88. The topological polar surface area (TPSA) is 109 Å². The van der Waals surface area contributed by atoms with Gasteiger partial charge < -0.3 is 15.4 Å². The Balaban J connectivity index is 2.18. The van der Waals surface area contributed by atoms with E-state index >= 15 is 0 Å². The van der Waals surface area contributed by atoms with Crippen molar-refractivity contribution in [1.82, 2.24) is 10.1 Å². The van der Waals surface area contributed by atoms with Crippen molar-refractivity contribution in [3.05, 3.63) is 41.4 Å². The third-order valence-electron chi connectivity index (χ3n) is 3.12. The van der Waals surface area contributed by atoms with Crippen molar-refractivity contribution in [2.45, 2.75) is 36.1 Å². The standard InChI is InChI=1S/C15H18N4O2S/c1-10-2-3-11(8-16)15(19-10)22-14(6-12(17)9-20)7-13-4-5-18-21-13/h2-5,12,14,20H,6-7,9,17H2,1H3/t12-,14+/m0/s1. The van der Waals surface area contributed by atoms with Crippen LogP contribution in [-0.2, 0) is 6.42 Å². The van der Waals surface area contributed by atoms with Gasteiger partial charge in [0, 0.05) is 29.5 Å². The molecule has 0 unspecified atom stereocenters. The van der Waals surface area contributed by atoms with Crippen LogP contribution in [0.1, 0.15) is 23.4 Å². The van der Waals surface area contributed by atoms with E-state index in [1.807, 2.05) is 13.0 Å². The van der Waals surface area contributed by atoms with Crippen LogP contribution in [0.15, 0.2) is 33.9 Å². The van der Waals surface area contributed by atoms with Crippen molar-refractivity contribution in [2.24, 2.45) is 5.73 Å². The fraction of sp³-hybridized carbons (Fsp3) is 0.400. The molecule has 0 aliphatic carbocycles. The van der Waals surface area contributed by atoms with Crippen molar-refractivity contribution in [1.29, 1.82) is 5.26 Å². The maximum absolute atomic E-state index is 9.21. The van der Waals surface area contributed by atoms with Crippen molar-refractivity contribution in [3.8, 4) is 6.07 Å². The van der Waals surface area contributed by atoms with Crippen molar-refractivity contribution < 1.29 is 9.63 Å². The minimum atomic E-state index is -0.323. The highest BCUT2D eigenvalue weighted by Gasteiger charge is 2.19. The molecule has 0 saturated heterocycles. The van der Waals surface area contributed by atoms with Gasteiger partial charge in [-0.15, -0.1) is 11.8 Å². The second-order valence-electron chi connectivity index (χ2n) is 5.02. The highest BCUT2D eigenvalue weighted by atomic mass is 32.2. The molecule has 2 rings (SSSR count). The highest BCUT2D eigenvalue weighted by Crippen LogP contribution is 2.30. The summed E-state index contributed by atoms with van der Waals surface area (Å²) < 4.78 is 5.15. The summed E-state index contributed by atoms with van der Waals surface area (Å²) in [7, 11) is 0. The molecular formula is C15H18N4O2S. The fourth-order valence-electron chi connectivity index (χ4n) is 2.02. The van der Waals surface area contributed by atoms with Gasteiger partial charge in [-0.2, -0.15) is 5.26 Å². The Kier molecular flexibility index (Phi) is 5.95. The van der Waals surface area contributed by atoms with Crippen LogP contribution in [0.25, 0.3) is 0 Å².